The Balaban J connectivity index is 0.00000363. The van der Waals surface area contributed by atoms with Crippen molar-refractivity contribution in [1.82, 2.24) is 15.2 Å². The largest absolute Gasteiger partial charge is 0.357 e. The standard InChI is InChI=1S/C23H29FN4O2S.HI/c1-3-25-23(26-12-6-13-28-14-11-18-7-4-5-8-22(18)28)27-16-20-15-21(24)10-9-19(20)17-31(2,29)30;/h4-5,7-11,14-15H,3,6,12-13,16-17H2,1-2H3,(H2,25,26,27);1H. The number of rotatable bonds is 9. The number of hydrogen-bond donors (Lipinski definition) is 2. The van der Waals surface area contributed by atoms with Gasteiger partial charge in [0.15, 0.2) is 15.8 Å². The molecule has 0 aliphatic carbocycles. The molecule has 0 saturated heterocycles. The summed E-state index contributed by atoms with van der Waals surface area (Å²) in [6.07, 6.45) is 4.17. The molecule has 3 aromatic rings. The molecule has 2 aromatic carbocycles. The number of nitrogens with one attached hydrogen (secondary N) is 2. The van der Waals surface area contributed by atoms with Gasteiger partial charge in [-0.1, -0.05) is 24.3 Å². The number of fused-ring (bicyclic) bond motifs is 1. The third kappa shape index (κ3) is 7.77. The van der Waals surface area contributed by atoms with Crippen LogP contribution in [-0.2, 0) is 28.7 Å². The van der Waals surface area contributed by atoms with Gasteiger partial charge in [0.25, 0.3) is 0 Å². The molecule has 0 fully saturated rings. The zero-order valence-electron chi connectivity index (χ0n) is 18.3. The van der Waals surface area contributed by atoms with Crippen molar-refractivity contribution in [1.29, 1.82) is 0 Å². The normalized spacial score (nSPS) is 11.9. The van der Waals surface area contributed by atoms with Crippen molar-refractivity contribution in [2.45, 2.75) is 32.2 Å². The second kappa shape index (κ2) is 12.2. The van der Waals surface area contributed by atoms with Crippen LogP contribution in [0.1, 0.15) is 24.5 Å². The molecule has 2 N–H and O–H groups in total. The van der Waals surface area contributed by atoms with E-state index in [2.05, 4.69) is 44.6 Å². The fraction of sp³-hybridized carbons (Fsp3) is 0.348. The van der Waals surface area contributed by atoms with Crippen LogP contribution in [0.15, 0.2) is 59.7 Å². The molecule has 0 radical (unpaired) electrons. The molecule has 0 saturated carbocycles. The van der Waals surface area contributed by atoms with Crippen LogP contribution < -0.4 is 10.6 Å². The van der Waals surface area contributed by atoms with E-state index in [1.807, 2.05) is 19.1 Å². The molecule has 0 aliphatic heterocycles. The molecule has 9 heteroatoms. The minimum Gasteiger partial charge on any atom is -0.357 e. The van der Waals surface area contributed by atoms with Crippen molar-refractivity contribution in [2.75, 3.05) is 19.3 Å². The van der Waals surface area contributed by atoms with Crippen LogP contribution >= 0.6 is 24.0 Å². The third-order valence-electron chi connectivity index (χ3n) is 4.89. The minimum absolute atomic E-state index is 0. The molecular formula is C23H30FIN4O2S. The molecule has 0 amide bonds. The lowest BCUT2D eigenvalue weighted by atomic mass is 10.1. The molecule has 1 heterocycles. The van der Waals surface area contributed by atoms with Gasteiger partial charge in [-0.2, -0.15) is 0 Å². The van der Waals surface area contributed by atoms with Gasteiger partial charge < -0.3 is 15.2 Å². The number of benzene rings is 2. The van der Waals surface area contributed by atoms with E-state index in [0.717, 1.165) is 19.5 Å². The van der Waals surface area contributed by atoms with E-state index in [-0.39, 0.29) is 36.3 Å². The molecular weight excluding hydrogens is 542 g/mol. The van der Waals surface area contributed by atoms with E-state index < -0.39 is 15.7 Å². The number of aromatic nitrogens is 1. The highest BCUT2D eigenvalue weighted by Gasteiger charge is 2.11. The van der Waals surface area contributed by atoms with E-state index in [1.165, 1.54) is 35.4 Å². The van der Waals surface area contributed by atoms with Crippen LogP contribution in [0.4, 0.5) is 4.39 Å². The van der Waals surface area contributed by atoms with Crippen LogP contribution in [0.2, 0.25) is 0 Å². The summed E-state index contributed by atoms with van der Waals surface area (Å²) in [6, 6.07) is 14.5. The first-order chi connectivity index (χ1) is 14.9. The maximum Gasteiger partial charge on any atom is 0.191 e. The molecule has 1 aromatic heterocycles. The fourth-order valence-electron chi connectivity index (χ4n) is 3.46. The summed E-state index contributed by atoms with van der Waals surface area (Å²) in [5.41, 5.74) is 2.36. The number of aryl methyl sites for hydroxylation is 1. The Hall–Kier alpha value is -2.14. The molecule has 0 bridgehead atoms. The Morgan fingerprint density at radius 1 is 1.09 bits per heavy atom. The molecule has 6 nitrogen and oxygen atoms in total. The Bertz CT molecular complexity index is 1160. The fourth-order valence-corrected chi connectivity index (χ4v) is 4.31. The summed E-state index contributed by atoms with van der Waals surface area (Å²) >= 11 is 0. The highest BCUT2D eigenvalue weighted by atomic mass is 127. The predicted octanol–water partition coefficient (Wildman–Crippen LogP) is 4.09. The lowest BCUT2D eigenvalue weighted by molar-refractivity contribution is 0.600. The van der Waals surface area contributed by atoms with Crippen molar-refractivity contribution < 1.29 is 12.8 Å². The van der Waals surface area contributed by atoms with Crippen molar-refractivity contribution in [3.63, 3.8) is 0 Å². The summed E-state index contributed by atoms with van der Waals surface area (Å²) in [4.78, 5) is 4.53. The van der Waals surface area contributed by atoms with Crippen molar-refractivity contribution in [3.05, 3.63) is 71.7 Å². The zero-order valence-corrected chi connectivity index (χ0v) is 21.5. The van der Waals surface area contributed by atoms with Crippen LogP contribution in [0.3, 0.4) is 0 Å². The van der Waals surface area contributed by atoms with E-state index in [0.29, 0.717) is 23.6 Å². The minimum atomic E-state index is -3.22. The summed E-state index contributed by atoms with van der Waals surface area (Å²) in [7, 11) is -3.22. The number of halogens is 2. The van der Waals surface area contributed by atoms with Crippen LogP contribution in [0, 0.1) is 5.82 Å². The molecule has 3 rings (SSSR count). The summed E-state index contributed by atoms with van der Waals surface area (Å²) < 4.78 is 39.3. The van der Waals surface area contributed by atoms with Crippen molar-refractivity contribution >= 4 is 50.7 Å². The summed E-state index contributed by atoms with van der Waals surface area (Å²) in [5.74, 6) is 0.0845. The second-order valence-corrected chi connectivity index (χ2v) is 9.67. The summed E-state index contributed by atoms with van der Waals surface area (Å²) in [5, 5.41) is 7.70. The maximum atomic E-state index is 13.7. The van der Waals surface area contributed by atoms with Gasteiger partial charge in [0, 0.05) is 37.6 Å². The Kier molecular flexibility index (Phi) is 9.95. The van der Waals surface area contributed by atoms with Gasteiger partial charge in [-0.3, -0.25) is 0 Å². The quantitative estimate of drug-likeness (QED) is 0.175. The smallest absolute Gasteiger partial charge is 0.191 e. The Morgan fingerprint density at radius 2 is 1.88 bits per heavy atom. The molecule has 0 aliphatic rings. The van der Waals surface area contributed by atoms with Gasteiger partial charge in [0.2, 0.25) is 0 Å². The first kappa shape index (κ1) is 26.1. The first-order valence-corrected chi connectivity index (χ1v) is 12.4. The number of hydrogen-bond acceptors (Lipinski definition) is 3. The predicted molar refractivity (Wildman–Crippen MR) is 140 cm³/mol. The average molecular weight is 572 g/mol. The molecule has 174 valence electrons. The number of guanidine groups is 1. The van der Waals surface area contributed by atoms with E-state index >= 15 is 0 Å². The zero-order chi connectivity index (χ0) is 22.3. The molecule has 32 heavy (non-hydrogen) atoms. The van der Waals surface area contributed by atoms with E-state index in [1.54, 1.807) is 0 Å². The van der Waals surface area contributed by atoms with Crippen molar-refractivity contribution in [2.24, 2.45) is 4.99 Å². The van der Waals surface area contributed by atoms with Crippen LogP contribution in [0.5, 0.6) is 0 Å². The van der Waals surface area contributed by atoms with Crippen molar-refractivity contribution in [3.8, 4) is 0 Å². The highest BCUT2D eigenvalue weighted by Crippen LogP contribution is 2.16. The first-order valence-electron chi connectivity index (χ1n) is 10.4. The Morgan fingerprint density at radius 3 is 2.62 bits per heavy atom. The maximum absolute atomic E-state index is 13.7. The second-order valence-electron chi connectivity index (χ2n) is 7.53. The SMILES string of the molecule is CCNC(=NCc1cc(F)ccc1CS(C)(=O)=O)NCCCn1ccc2ccccc21.I. The van der Waals surface area contributed by atoms with Crippen LogP contribution in [0.25, 0.3) is 10.9 Å². The number of aliphatic imine (C=N–C) groups is 1. The third-order valence-corrected chi connectivity index (χ3v) is 5.72. The van der Waals surface area contributed by atoms with Gasteiger partial charge in [-0.15, -0.1) is 24.0 Å². The van der Waals surface area contributed by atoms with Gasteiger partial charge in [-0.05, 0) is 54.1 Å². The molecule has 0 spiro atoms. The van der Waals surface area contributed by atoms with E-state index in [4.69, 9.17) is 0 Å². The number of sulfone groups is 1. The molecule has 0 unspecified atom stereocenters. The number of para-hydroxylation sites is 1. The lowest BCUT2D eigenvalue weighted by Gasteiger charge is -2.13. The van der Waals surface area contributed by atoms with Crippen LogP contribution in [-0.4, -0.2) is 38.3 Å². The number of nitrogens with zero attached hydrogens (tertiary/aromatic N) is 2. The van der Waals surface area contributed by atoms with E-state index in [9.17, 15) is 12.8 Å². The van der Waals surface area contributed by atoms with Gasteiger partial charge in [0.1, 0.15) is 5.82 Å². The highest BCUT2D eigenvalue weighted by molar-refractivity contribution is 14.0. The lowest BCUT2D eigenvalue weighted by Crippen LogP contribution is -2.38. The van der Waals surface area contributed by atoms with Gasteiger partial charge in [0.05, 0.1) is 12.3 Å². The molecule has 0 atom stereocenters. The van der Waals surface area contributed by atoms with Gasteiger partial charge in [-0.25, -0.2) is 17.8 Å². The monoisotopic (exact) mass is 572 g/mol. The average Bonchev–Trinajstić information content (AvgIpc) is 3.13. The topological polar surface area (TPSA) is 75.5 Å². The Labute approximate surface area is 206 Å². The summed E-state index contributed by atoms with van der Waals surface area (Å²) in [6.45, 7) is 4.45. The van der Waals surface area contributed by atoms with Gasteiger partial charge >= 0.3 is 0 Å².